The Hall–Kier alpha value is -1.46. The molecule has 0 spiro atoms. The molecule has 1 atom stereocenters. The molecule has 1 rings (SSSR count). The van der Waals surface area contributed by atoms with Crippen molar-refractivity contribution in [2.45, 2.75) is 26.8 Å². The van der Waals surface area contributed by atoms with Gasteiger partial charge in [0.15, 0.2) is 0 Å². The number of halogens is 2. The molecule has 5 nitrogen and oxygen atoms in total. The zero-order valence-electron chi connectivity index (χ0n) is 12.1. The molecule has 2 N–H and O–H groups in total. The summed E-state index contributed by atoms with van der Waals surface area (Å²) in [5.74, 6) is -0.263. The van der Waals surface area contributed by atoms with Crippen LogP contribution in [0.3, 0.4) is 0 Å². The Labute approximate surface area is 133 Å². The third kappa shape index (κ3) is 5.10. The molecule has 0 aliphatic heterocycles. The van der Waals surface area contributed by atoms with E-state index in [2.05, 4.69) is 11.6 Å². The van der Waals surface area contributed by atoms with Crippen LogP contribution in [0.4, 0.5) is 0 Å². The number of hydrogen-bond acceptors (Lipinski definition) is 4. The quantitative estimate of drug-likeness (QED) is 0.629. The standard InChI is InChI=1S/C14H19Cl2N3O2/c1-4-21-12(20)7-19-8-18-13(14(16)17)11(19)6-5-9(2)10(3)15/h6,8-9H,3-5,7,17H2,1-2H3/b11-6-,14-13+. The molecular formula is C14H19Cl2N3O2. The van der Waals surface area contributed by atoms with Crippen molar-refractivity contribution in [3.05, 3.63) is 28.6 Å². The van der Waals surface area contributed by atoms with E-state index in [1.54, 1.807) is 11.5 Å². The zero-order chi connectivity index (χ0) is 16.0. The lowest BCUT2D eigenvalue weighted by Gasteiger charge is -2.06. The van der Waals surface area contributed by atoms with Gasteiger partial charge in [0.1, 0.15) is 17.1 Å². The third-order valence-electron chi connectivity index (χ3n) is 2.91. The topological polar surface area (TPSA) is 70.1 Å². The Morgan fingerprint density at radius 3 is 2.81 bits per heavy atom. The summed E-state index contributed by atoms with van der Waals surface area (Å²) in [6.07, 6.45) is 4.02. The number of carbonyl (C=O) groups excluding carboxylic acids is 1. The highest BCUT2D eigenvalue weighted by molar-refractivity contribution is 6.44. The second-order valence-corrected chi connectivity index (χ2v) is 5.44. The van der Waals surface area contributed by atoms with Crippen molar-refractivity contribution in [2.75, 3.05) is 6.61 Å². The van der Waals surface area contributed by atoms with Crippen LogP contribution in [0.15, 0.2) is 17.9 Å². The predicted octanol–water partition coefficient (Wildman–Crippen LogP) is 1.27. The lowest BCUT2D eigenvalue weighted by molar-refractivity contribution is -0.143. The number of carbonyl (C=O) groups is 1. The number of nitrogens with two attached hydrogens (primary N) is 1. The van der Waals surface area contributed by atoms with Crippen LogP contribution < -0.4 is 16.4 Å². The number of allylic oxidation sites excluding steroid dienone is 1. The van der Waals surface area contributed by atoms with Crippen LogP contribution in [0.25, 0.3) is 11.2 Å². The van der Waals surface area contributed by atoms with Crippen LogP contribution in [0, 0.1) is 5.92 Å². The van der Waals surface area contributed by atoms with Crippen LogP contribution in [0.1, 0.15) is 20.3 Å². The minimum Gasteiger partial charge on any atom is -0.465 e. The second kappa shape index (κ2) is 8.10. The van der Waals surface area contributed by atoms with Gasteiger partial charge < -0.3 is 15.0 Å². The van der Waals surface area contributed by atoms with Crippen LogP contribution in [0.5, 0.6) is 0 Å². The molecule has 0 aliphatic rings. The predicted molar refractivity (Wildman–Crippen MR) is 84.8 cm³/mol. The van der Waals surface area contributed by atoms with Gasteiger partial charge in [0.05, 0.1) is 18.3 Å². The van der Waals surface area contributed by atoms with E-state index in [0.717, 1.165) is 0 Å². The Morgan fingerprint density at radius 1 is 1.62 bits per heavy atom. The summed E-state index contributed by atoms with van der Waals surface area (Å²) in [5, 5.41) is 1.74. The molecule has 1 heterocycles. The summed E-state index contributed by atoms with van der Waals surface area (Å²) in [7, 11) is 0. The van der Waals surface area contributed by atoms with E-state index >= 15 is 0 Å². The molecule has 21 heavy (non-hydrogen) atoms. The van der Waals surface area contributed by atoms with E-state index in [0.29, 0.717) is 28.8 Å². The van der Waals surface area contributed by atoms with Crippen molar-refractivity contribution < 1.29 is 9.53 Å². The highest BCUT2D eigenvalue weighted by Crippen LogP contribution is 2.16. The van der Waals surface area contributed by atoms with Crippen LogP contribution in [-0.2, 0) is 16.1 Å². The van der Waals surface area contributed by atoms with Crippen molar-refractivity contribution in [2.24, 2.45) is 11.7 Å². The Morgan fingerprint density at radius 2 is 2.29 bits per heavy atom. The number of aromatic nitrogens is 2. The first-order chi connectivity index (χ1) is 9.86. The van der Waals surface area contributed by atoms with Gasteiger partial charge in [-0.3, -0.25) is 4.79 Å². The van der Waals surface area contributed by atoms with Crippen molar-refractivity contribution in [1.82, 2.24) is 9.55 Å². The van der Waals surface area contributed by atoms with Crippen LogP contribution in [-0.4, -0.2) is 22.1 Å². The van der Waals surface area contributed by atoms with Gasteiger partial charge in [-0.1, -0.05) is 42.8 Å². The van der Waals surface area contributed by atoms with E-state index < -0.39 is 0 Å². The van der Waals surface area contributed by atoms with E-state index in [1.807, 2.05) is 13.0 Å². The van der Waals surface area contributed by atoms with E-state index in [1.165, 1.54) is 6.33 Å². The number of ether oxygens (including phenoxy) is 1. The molecule has 0 amide bonds. The van der Waals surface area contributed by atoms with E-state index in [-0.39, 0.29) is 23.6 Å². The SMILES string of the molecule is C=C(Cl)C(C)C/C=c1/c(=C(\N)Cl)ncn1CC(=O)OCC. The maximum Gasteiger partial charge on any atom is 0.325 e. The highest BCUT2D eigenvalue weighted by Gasteiger charge is 2.08. The van der Waals surface area contributed by atoms with Gasteiger partial charge in [-0.05, 0) is 19.3 Å². The first-order valence-electron chi connectivity index (χ1n) is 6.53. The minimum absolute atomic E-state index is 0.0487. The number of nitrogens with zero attached hydrogens (tertiary/aromatic N) is 2. The van der Waals surface area contributed by atoms with Gasteiger partial charge in [0.2, 0.25) is 0 Å². The van der Waals surface area contributed by atoms with Gasteiger partial charge in [0.25, 0.3) is 0 Å². The number of rotatable bonds is 6. The molecule has 0 saturated heterocycles. The van der Waals surface area contributed by atoms with Gasteiger partial charge >= 0.3 is 5.97 Å². The molecule has 0 bridgehead atoms. The Balaban J connectivity index is 3.17. The average molecular weight is 332 g/mol. The molecule has 0 fully saturated rings. The van der Waals surface area contributed by atoms with Crippen LogP contribution >= 0.6 is 23.2 Å². The molecule has 1 unspecified atom stereocenters. The molecule has 116 valence electrons. The van der Waals surface area contributed by atoms with E-state index in [4.69, 9.17) is 33.7 Å². The molecule has 0 aliphatic carbocycles. The normalized spacial score (nSPS) is 14.8. The maximum absolute atomic E-state index is 11.6. The van der Waals surface area contributed by atoms with Crippen molar-refractivity contribution in [3.63, 3.8) is 0 Å². The first-order valence-corrected chi connectivity index (χ1v) is 7.28. The summed E-state index contributed by atoms with van der Waals surface area (Å²) in [6.45, 7) is 7.78. The minimum atomic E-state index is -0.348. The zero-order valence-corrected chi connectivity index (χ0v) is 13.6. The molecule has 1 aromatic heterocycles. The summed E-state index contributed by atoms with van der Waals surface area (Å²) >= 11 is 11.7. The summed E-state index contributed by atoms with van der Waals surface area (Å²) in [6, 6.07) is 0. The summed E-state index contributed by atoms with van der Waals surface area (Å²) in [5.41, 5.74) is 5.61. The summed E-state index contributed by atoms with van der Waals surface area (Å²) < 4.78 is 6.57. The van der Waals surface area contributed by atoms with Gasteiger partial charge in [-0.25, -0.2) is 4.98 Å². The highest BCUT2D eigenvalue weighted by atomic mass is 35.5. The Bertz CT molecular complexity index is 633. The fourth-order valence-corrected chi connectivity index (χ4v) is 1.91. The monoisotopic (exact) mass is 331 g/mol. The molecular weight excluding hydrogens is 313 g/mol. The van der Waals surface area contributed by atoms with Crippen molar-refractivity contribution in [3.8, 4) is 0 Å². The maximum atomic E-state index is 11.6. The van der Waals surface area contributed by atoms with Crippen LogP contribution in [0.2, 0.25) is 0 Å². The lowest BCUT2D eigenvalue weighted by atomic mass is 10.1. The number of esters is 1. The number of imidazole rings is 1. The Kier molecular flexibility index (Phi) is 6.78. The largest absolute Gasteiger partial charge is 0.465 e. The molecule has 0 radical (unpaired) electrons. The van der Waals surface area contributed by atoms with E-state index in [9.17, 15) is 4.79 Å². The van der Waals surface area contributed by atoms with Gasteiger partial charge in [-0.2, -0.15) is 0 Å². The van der Waals surface area contributed by atoms with Gasteiger partial charge in [-0.15, -0.1) is 0 Å². The summed E-state index contributed by atoms with van der Waals surface area (Å²) in [4.78, 5) is 15.7. The molecule has 1 aromatic rings. The first kappa shape index (κ1) is 17.6. The average Bonchev–Trinajstić information content (AvgIpc) is 2.79. The third-order valence-corrected chi connectivity index (χ3v) is 3.46. The second-order valence-electron chi connectivity index (χ2n) is 4.55. The fourth-order valence-electron chi connectivity index (χ4n) is 1.68. The molecule has 0 aromatic carbocycles. The van der Waals surface area contributed by atoms with Crippen molar-refractivity contribution >= 4 is 40.4 Å². The van der Waals surface area contributed by atoms with Crippen molar-refractivity contribution in [1.29, 1.82) is 0 Å². The lowest BCUT2D eigenvalue weighted by Crippen LogP contribution is -2.34. The molecule has 0 saturated carbocycles. The smallest absolute Gasteiger partial charge is 0.325 e. The molecule has 7 heteroatoms. The number of hydrogen-bond donors (Lipinski definition) is 1. The fraction of sp³-hybridized carbons (Fsp3) is 0.429. The van der Waals surface area contributed by atoms with Gasteiger partial charge in [0, 0.05) is 5.03 Å².